The van der Waals surface area contributed by atoms with Gasteiger partial charge in [0.25, 0.3) is 0 Å². The highest BCUT2D eigenvalue weighted by molar-refractivity contribution is 6.15. The molecule has 1 aromatic carbocycles. The van der Waals surface area contributed by atoms with Crippen LogP contribution >= 0.6 is 0 Å². The number of H-pyrrole nitrogens is 1. The van der Waals surface area contributed by atoms with Crippen LogP contribution in [0.4, 0.5) is 0 Å². The molecule has 5 heteroatoms. The van der Waals surface area contributed by atoms with Crippen molar-refractivity contribution in [2.24, 2.45) is 0 Å². The maximum absolute atomic E-state index is 12.1. The standard InChI is InChI=1S/C16H21N3O2/c1-5-21-15(20)11(10-17-16(2,3)4)14-18-12-8-6-7-9-13(12)19-14/h6-10,17H,5H2,1-4H3,(H,18,19)/b11-10+. The second-order valence-electron chi connectivity index (χ2n) is 5.78. The maximum Gasteiger partial charge on any atom is 0.343 e. The number of nitrogens with one attached hydrogen (secondary N) is 2. The number of aromatic amines is 1. The first-order valence-electron chi connectivity index (χ1n) is 7.01. The van der Waals surface area contributed by atoms with Gasteiger partial charge in [-0.1, -0.05) is 12.1 Å². The van der Waals surface area contributed by atoms with Crippen molar-refractivity contribution in [2.75, 3.05) is 6.61 Å². The van der Waals surface area contributed by atoms with Crippen molar-refractivity contribution in [1.29, 1.82) is 0 Å². The Kier molecular flexibility index (Phi) is 4.31. The molecule has 0 radical (unpaired) electrons. The molecular formula is C16H21N3O2. The van der Waals surface area contributed by atoms with E-state index in [0.29, 0.717) is 18.0 Å². The van der Waals surface area contributed by atoms with Crippen LogP contribution in [0, 0.1) is 0 Å². The van der Waals surface area contributed by atoms with Crippen molar-refractivity contribution in [3.05, 3.63) is 36.3 Å². The van der Waals surface area contributed by atoms with E-state index in [9.17, 15) is 4.79 Å². The molecule has 0 saturated heterocycles. The average Bonchev–Trinajstić information content (AvgIpc) is 2.81. The second kappa shape index (κ2) is 5.99. The molecule has 0 unspecified atom stereocenters. The van der Waals surface area contributed by atoms with Crippen molar-refractivity contribution in [1.82, 2.24) is 15.3 Å². The highest BCUT2D eigenvalue weighted by Gasteiger charge is 2.18. The number of hydrogen-bond acceptors (Lipinski definition) is 4. The van der Waals surface area contributed by atoms with E-state index in [1.54, 1.807) is 13.1 Å². The van der Waals surface area contributed by atoms with Crippen molar-refractivity contribution in [2.45, 2.75) is 33.2 Å². The summed E-state index contributed by atoms with van der Waals surface area (Å²) < 4.78 is 5.11. The van der Waals surface area contributed by atoms with Gasteiger partial charge in [-0.3, -0.25) is 0 Å². The molecule has 0 atom stereocenters. The Morgan fingerprint density at radius 3 is 2.71 bits per heavy atom. The van der Waals surface area contributed by atoms with Gasteiger partial charge in [-0.05, 0) is 39.8 Å². The van der Waals surface area contributed by atoms with E-state index in [4.69, 9.17) is 4.74 Å². The smallest absolute Gasteiger partial charge is 0.343 e. The normalized spacial score (nSPS) is 12.5. The molecule has 0 aliphatic rings. The number of para-hydroxylation sites is 2. The summed E-state index contributed by atoms with van der Waals surface area (Å²) in [4.78, 5) is 19.8. The Hall–Kier alpha value is -2.30. The summed E-state index contributed by atoms with van der Waals surface area (Å²) >= 11 is 0. The first-order chi connectivity index (χ1) is 9.90. The van der Waals surface area contributed by atoms with Gasteiger partial charge in [-0.15, -0.1) is 0 Å². The molecule has 2 N–H and O–H groups in total. The minimum atomic E-state index is -0.395. The predicted molar refractivity (Wildman–Crippen MR) is 83.6 cm³/mol. The van der Waals surface area contributed by atoms with Gasteiger partial charge in [-0.25, -0.2) is 9.78 Å². The summed E-state index contributed by atoms with van der Waals surface area (Å²) in [6.07, 6.45) is 1.66. The van der Waals surface area contributed by atoms with Gasteiger partial charge < -0.3 is 15.0 Å². The van der Waals surface area contributed by atoms with Gasteiger partial charge >= 0.3 is 5.97 Å². The first-order valence-corrected chi connectivity index (χ1v) is 7.01. The largest absolute Gasteiger partial charge is 0.462 e. The van der Waals surface area contributed by atoms with E-state index in [2.05, 4.69) is 15.3 Å². The fraction of sp³-hybridized carbons (Fsp3) is 0.375. The lowest BCUT2D eigenvalue weighted by Crippen LogP contribution is -2.32. The Balaban J connectivity index is 2.40. The van der Waals surface area contributed by atoms with Crippen molar-refractivity contribution < 1.29 is 9.53 Å². The van der Waals surface area contributed by atoms with Gasteiger partial charge in [-0.2, -0.15) is 0 Å². The number of ether oxygens (including phenoxy) is 1. The predicted octanol–water partition coefficient (Wildman–Crippen LogP) is 2.86. The Morgan fingerprint density at radius 1 is 1.38 bits per heavy atom. The van der Waals surface area contributed by atoms with Crippen molar-refractivity contribution in [3.8, 4) is 0 Å². The summed E-state index contributed by atoms with van der Waals surface area (Å²) in [7, 11) is 0. The Labute approximate surface area is 124 Å². The zero-order valence-electron chi connectivity index (χ0n) is 12.9. The van der Waals surface area contributed by atoms with E-state index in [0.717, 1.165) is 11.0 Å². The average molecular weight is 287 g/mol. The van der Waals surface area contributed by atoms with E-state index in [-0.39, 0.29) is 5.54 Å². The van der Waals surface area contributed by atoms with Gasteiger partial charge in [0.1, 0.15) is 11.4 Å². The van der Waals surface area contributed by atoms with Gasteiger partial charge in [0, 0.05) is 11.7 Å². The summed E-state index contributed by atoms with van der Waals surface area (Å²) in [5.41, 5.74) is 1.95. The van der Waals surface area contributed by atoms with Crippen LogP contribution in [0.5, 0.6) is 0 Å². The van der Waals surface area contributed by atoms with Crippen LogP contribution in [0.3, 0.4) is 0 Å². The van der Waals surface area contributed by atoms with Crippen molar-refractivity contribution in [3.63, 3.8) is 0 Å². The number of benzene rings is 1. The number of rotatable bonds is 4. The molecule has 21 heavy (non-hydrogen) atoms. The highest BCUT2D eigenvalue weighted by Crippen LogP contribution is 2.18. The number of nitrogens with zero attached hydrogens (tertiary/aromatic N) is 1. The summed E-state index contributed by atoms with van der Waals surface area (Å²) in [5, 5.41) is 3.18. The molecule has 0 bridgehead atoms. The molecule has 112 valence electrons. The van der Waals surface area contributed by atoms with Gasteiger partial charge in [0.05, 0.1) is 17.6 Å². The van der Waals surface area contributed by atoms with E-state index in [1.807, 2.05) is 45.0 Å². The lowest BCUT2D eigenvalue weighted by molar-refractivity contribution is -0.136. The third kappa shape index (κ3) is 3.84. The molecular weight excluding hydrogens is 266 g/mol. The lowest BCUT2D eigenvalue weighted by Gasteiger charge is -2.19. The fourth-order valence-electron chi connectivity index (χ4n) is 1.80. The summed E-state index contributed by atoms with van der Waals surface area (Å²) in [6, 6.07) is 7.65. The number of hydrogen-bond donors (Lipinski definition) is 2. The van der Waals surface area contributed by atoms with E-state index in [1.165, 1.54) is 0 Å². The number of esters is 1. The number of carbonyl (C=O) groups excluding carboxylic acids is 1. The van der Waals surface area contributed by atoms with Crippen LogP contribution in [0.1, 0.15) is 33.5 Å². The van der Waals surface area contributed by atoms with Crippen LogP contribution in [-0.4, -0.2) is 28.1 Å². The quantitative estimate of drug-likeness (QED) is 0.670. The van der Waals surface area contributed by atoms with Crippen LogP contribution in [0.25, 0.3) is 16.6 Å². The van der Waals surface area contributed by atoms with E-state index >= 15 is 0 Å². The van der Waals surface area contributed by atoms with E-state index < -0.39 is 5.97 Å². The molecule has 0 aliphatic carbocycles. The second-order valence-corrected chi connectivity index (χ2v) is 5.78. The molecule has 0 spiro atoms. The third-order valence-electron chi connectivity index (χ3n) is 2.79. The molecule has 0 saturated carbocycles. The molecule has 1 heterocycles. The molecule has 2 rings (SSSR count). The number of fused-ring (bicyclic) bond motifs is 1. The fourth-order valence-corrected chi connectivity index (χ4v) is 1.80. The molecule has 2 aromatic rings. The Morgan fingerprint density at radius 2 is 2.10 bits per heavy atom. The minimum absolute atomic E-state index is 0.149. The molecule has 0 fully saturated rings. The minimum Gasteiger partial charge on any atom is -0.462 e. The molecule has 1 aromatic heterocycles. The molecule has 0 aliphatic heterocycles. The van der Waals surface area contributed by atoms with Gasteiger partial charge in [0.2, 0.25) is 0 Å². The maximum atomic E-state index is 12.1. The van der Waals surface area contributed by atoms with Crippen LogP contribution in [0.15, 0.2) is 30.5 Å². The molecule has 0 amide bonds. The van der Waals surface area contributed by atoms with Crippen molar-refractivity contribution >= 4 is 22.6 Å². The van der Waals surface area contributed by atoms with Gasteiger partial charge in [0.15, 0.2) is 0 Å². The zero-order chi connectivity index (χ0) is 15.5. The zero-order valence-corrected chi connectivity index (χ0v) is 12.9. The number of imidazole rings is 1. The topological polar surface area (TPSA) is 67.0 Å². The highest BCUT2D eigenvalue weighted by atomic mass is 16.5. The monoisotopic (exact) mass is 287 g/mol. The number of aromatic nitrogens is 2. The third-order valence-corrected chi connectivity index (χ3v) is 2.79. The molecule has 5 nitrogen and oxygen atoms in total. The first kappa shape index (κ1) is 15.1. The summed E-state index contributed by atoms with van der Waals surface area (Å²) in [5.74, 6) is 0.111. The van der Waals surface area contributed by atoms with Crippen LogP contribution in [0.2, 0.25) is 0 Å². The lowest BCUT2D eigenvalue weighted by atomic mass is 10.1. The Bertz CT molecular complexity index is 632. The number of carbonyl (C=O) groups is 1. The summed E-state index contributed by atoms with van der Waals surface area (Å²) in [6.45, 7) is 8.16. The van der Waals surface area contributed by atoms with Crippen LogP contribution in [-0.2, 0) is 9.53 Å². The van der Waals surface area contributed by atoms with Crippen LogP contribution < -0.4 is 5.32 Å². The SMILES string of the molecule is CCOC(=O)/C(=C/NC(C)(C)C)c1nc2ccccc2[nH]1.